The first kappa shape index (κ1) is 15.8. The lowest BCUT2D eigenvalue weighted by molar-refractivity contribution is 0.582. The smallest absolute Gasteiger partial charge is 0.136 e. The molecule has 102 valence electrons. The normalized spacial score (nSPS) is 21.8. The Bertz CT molecular complexity index is 399. The highest BCUT2D eigenvalue weighted by Crippen LogP contribution is 2.43. The molecule has 0 bridgehead atoms. The Labute approximate surface area is 124 Å². The van der Waals surface area contributed by atoms with E-state index in [2.05, 4.69) is 27.1 Å². The van der Waals surface area contributed by atoms with E-state index >= 15 is 0 Å². The van der Waals surface area contributed by atoms with E-state index in [1.165, 1.54) is 17.1 Å². The summed E-state index contributed by atoms with van der Waals surface area (Å²) in [7, 11) is 0. The number of nitrogens with zero attached hydrogens (tertiary/aromatic N) is 3. The second-order valence-corrected chi connectivity index (χ2v) is 5.58. The minimum atomic E-state index is 0. The monoisotopic (exact) mass is 308 g/mol. The van der Waals surface area contributed by atoms with Crippen LogP contribution in [0.2, 0.25) is 0 Å². The first-order chi connectivity index (χ1) is 7.86. The van der Waals surface area contributed by atoms with Crippen LogP contribution in [-0.2, 0) is 5.75 Å². The molecular formula is C11H18Cl2N4S. The number of anilines is 1. The van der Waals surface area contributed by atoms with Crippen LogP contribution in [0.3, 0.4) is 0 Å². The summed E-state index contributed by atoms with van der Waals surface area (Å²) in [6.45, 7) is 6.48. The number of hydrogen-bond acceptors (Lipinski definition) is 5. The summed E-state index contributed by atoms with van der Waals surface area (Å²) in [6, 6.07) is 0. The number of aromatic nitrogens is 2. The fourth-order valence-electron chi connectivity index (χ4n) is 2.37. The number of fused-ring (bicyclic) bond motifs is 1. The largest absolute Gasteiger partial charge is 0.354 e. The van der Waals surface area contributed by atoms with Gasteiger partial charge in [0.05, 0.1) is 5.69 Å². The van der Waals surface area contributed by atoms with Crippen molar-refractivity contribution in [3.8, 4) is 0 Å². The van der Waals surface area contributed by atoms with E-state index in [0.717, 1.165) is 31.9 Å². The van der Waals surface area contributed by atoms with Gasteiger partial charge in [0.1, 0.15) is 12.1 Å². The van der Waals surface area contributed by atoms with Gasteiger partial charge in [-0.25, -0.2) is 9.97 Å². The van der Waals surface area contributed by atoms with Gasteiger partial charge in [-0.15, -0.1) is 36.6 Å². The SMILES string of the molecule is C[C@@H]1SCc2ncnc(N3CCNCC3)c21.Cl.Cl. The van der Waals surface area contributed by atoms with E-state index in [4.69, 9.17) is 0 Å². The average Bonchev–Trinajstić information content (AvgIpc) is 2.73. The number of piperazine rings is 1. The Hall–Kier alpha value is -0.230. The summed E-state index contributed by atoms with van der Waals surface area (Å²) in [5, 5.41) is 3.92. The zero-order chi connectivity index (χ0) is 11.0. The van der Waals surface area contributed by atoms with Crippen LogP contribution < -0.4 is 10.2 Å². The number of thioether (sulfide) groups is 1. The molecule has 0 saturated carbocycles. The molecule has 18 heavy (non-hydrogen) atoms. The lowest BCUT2D eigenvalue weighted by Gasteiger charge is -2.30. The first-order valence-corrected chi connectivity index (χ1v) is 6.82. The first-order valence-electron chi connectivity index (χ1n) is 5.77. The molecular weight excluding hydrogens is 291 g/mol. The van der Waals surface area contributed by atoms with Gasteiger partial charge in [-0.3, -0.25) is 0 Å². The third-order valence-corrected chi connectivity index (χ3v) is 4.41. The van der Waals surface area contributed by atoms with Gasteiger partial charge in [-0.2, -0.15) is 0 Å². The van der Waals surface area contributed by atoms with Gasteiger partial charge in [-0.05, 0) is 6.92 Å². The van der Waals surface area contributed by atoms with E-state index in [0.29, 0.717) is 5.25 Å². The van der Waals surface area contributed by atoms with Crippen molar-refractivity contribution in [2.45, 2.75) is 17.9 Å². The standard InChI is InChI=1S/C11H16N4S.2ClH/c1-8-10-9(6-16-8)13-7-14-11(10)15-4-2-12-3-5-15;;/h7-8,12H,2-6H2,1H3;2*1H/t8-;;/m0../s1. The topological polar surface area (TPSA) is 41.1 Å². The third kappa shape index (κ3) is 2.85. The van der Waals surface area contributed by atoms with E-state index < -0.39 is 0 Å². The molecule has 1 atom stereocenters. The Morgan fingerprint density at radius 3 is 2.72 bits per heavy atom. The van der Waals surface area contributed by atoms with Crippen LogP contribution in [0.4, 0.5) is 5.82 Å². The van der Waals surface area contributed by atoms with E-state index in [-0.39, 0.29) is 24.8 Å². The lowest BCUT2D eigenvalue weighted by atomic mass is 10.1. The van der Waals surface area contributed by atoms with Crippen molar-refractivity contribution in [1.29, 1.82) is 0 Å². The minimum Gasteiger partial charge on any atom is -0.354 e. The molecule has 1 aromatic heterocycles. The maximum absolute atomic E-state index is 4.50. The third-order valence-electron chi connectivity index (χ3n) is 3.24. The van der Waals surface area contributed by atoms with Crippen LogP contribution in [0.25, 0.3) is 0 Å². The molecule has 0 aromatic carbocycles. The van der Waals surface area contributed by atoms with Crippen LogP contribution in [-0.4, -0.2) is 36.1 Å². The maximum Gasteiger partial charge on any atom is 0.136 e. The quantitative estimate of drug-likeness (QED) is 0.860. The number of halogens is 2. The van der Waals surface area contributed by atoms with Gasteiger partial charge in [0, 0.05) is 42.7 Å². The van der Waals surface area contributed by atoms with Gasteiger partial charge in [0.25, 0.3) is 0 Å². The number of hydrogen-bond donors (Lipinski definition) is 1. The zero-order valence-electron chi connectivity index (χ0n) is 10.3. The molecule has 1 aromatic rings. The Morgan fingerprint density at radius 2 is 2.00 bits per heavy atom. The Balaban J connectivity index is 0.000000810. The molecule has 1 fully saturated rings. The summed E-state index contributed by atoms with van der Waals surface area (Å²) in [5.74, 6) is 2.21. The van der Waals surface area contributed by atoms with Gasteiger partial charge in [0.2, 0.25) is 0 Å². The summed E-state index contributed by atoms with van der Waals surface area (Å²) < 4.78 is 0. The fourth-order valence-corrected chi connectivity index (χ4v) is 3.41. The Kier molecular flexibility index (Phi) is 5.98. The molecule has 0 spiro atoms. The molecule has 1 saturated heterocycles. The van der Waals surface area contributed by atoms with Crippen LogP contribution in [0, 0.1) is 0 Å². The summed E-state index contributed by atoms with van der Waals surface area (Å²) in [4.78, 5) is 11.3. The van der Waals surface area contributed by atoms with Crippen LogP contribution in [0.15, 0.2) is 6.33 Å². The predicted molar refractivity (Wildman–Crippen MR) is 81.3 cm³/mol. The van der Waals surface area contributed by atoms with Crippen LogP contribution >= 0.6 is 36.6 Å². The van der Waals surface area contributed by atoms with E-state index in [1.807, 2.05) is 11.8 Å². The van der Waals surface area contributed by atoms with E-state index in [9.17, 15) is 0 Å². The van der Waals surface area contributed by atoms with Crippen molar-refractivity contribution in [3.05, 3.63) is 17.6 Å². The van der Waals surface area contributed by atoms with Gasteiger partial charge >= 0.3 is 0 Å². The Morgan fingerprint density at radius 1 is 1.28 bits per heavy atom. The highest BCUT2D eigenvalue weighted by atomic mass is 35.5. The summed E-state index contributed by atoms with van der Waals surface area (Å²) in [5.41, 5.74) is 2.61. The van der Waals surface area contributed by atoms with Gasteiger partial charge < -0.3 is 10.2 Å². The van der Waals surface area contributed by atoms with Crippen molar-refractivity contribution in [3.63, 3.8) is 0 Å². The van der Waals surface area contributed by atoms with Crippen LogP contribution in [0.5, 0.6) is 0 Å². The summed E-state index contributed by atoms with van der Waals surface area (Å²) >= 11 is 1.96. The summed E-state index contributed by atoms with van der Waals surface area (Å²) in [6.07, 6.45) is 1.72. The molecule has 4 nitrogen and oxygen atoms in total. The van der Waals surface area contributed by atoms with Crippen LogP contribution in [0.1, 0.15) is 23.4 Å². The molecule has 3 rings (SSSR count). The van der Waals surface area contributed by atoms with Crippen molar-refractivity contribution in [1.82, 2.24) is 15.3 Å². The second kappa shape index (κ2) is 6.80. The highest BCUT2D eigenvalue weighted by Gasteiger charge is 2.27. The van der Waals surface area contributed by atoms with Crippen molar-refractivity contribution in [2.75, 3.05) is 31.1 Å². The number of nitrogens with one attached hydrogen (secondary N) is 1. The molecule has 0 amide bonds. The fraction of sp³-hybridized carbons (Fsp3) is 0.636. The highest BCUT2D eigenvalue weighted by molar-refractivity contribution is 7.99. The molecule has 2 aliphatic rings. The van der Waals surface area contributed by atoms with E-state index in [1.54, 1.807) is 6.33 Å². The minimum absolute atomic E-state index is 0. The molecule has 0 radical (unpaired) electrons. The molecule has 3 heterocycles. The maximum atomic E-state index is 4.50. The predicted octanol–water partition coefficient (Wildman–Crippen LogP) is 2.04. The zero-order valence-corrected chi connectivity index (χ0v) is 12.7. The molecule has 2 aliphatic heterocycles. The molecule has 0 unspecified atom stereocenters. The molecule has 1 N–H and O–H groups in total. The van der Waals surface area contributed by atoms with Gasteiger partial charge in [-0.1, -0.05) is 0 Å². The van der Waals surface area contributed by atoms with Crippen molar-refractivity contribution in [2.24, 2.45) is 0 Å². The van der Waals surface area contributed by atoms with Crippen molar-refractivity contribution < 1.29 is 0 Å². The molecule has 0 aliphatic carbocycles. The second-order valence-electron chi connectivity index (χ2n) is 4.25. The molecule has 7 heteroatoms. The van der Waals surface area contributed by atoms with Gasteiger partial charge in [0.15, 0.2) is 0 Å². The van der Waals surface area contributed by atoms with Crippen molar-refractivity contribution >= 4 is 42.4 Å². The average molecular weight is 309 g/mol. The lowest BCUT2D eigenvalue weighted by Crippen LogP contribution is -2.44. The number of rotatable bonds is 1.